The van der Waals surface area contributed by atoms with Crippen molar-refractivity contribution in [3.8, 4) is 0 Å². The van der Waals surface area contributed by atoms with Gasteiger partial charge in [0.25, 0.3) is 5.91 Å². The molecule has 0 heterocycles. The first-order valence-electron chi connectivity index (χ1n) is 7.23. The van der Waals surface area contributed by atoms with Crippen LogP contribution >= 0.6 is 0 Å². The third-order valence-electron chi connectivity index (χ3n) is 3.18. The van der Waals surface area contributed by atoms with E-state index in [2.05, 4.69) is 26.1 Å². The van der Waals surface area contributed by atoms with E-state index >= 15 is 0 Å². The Balaban J connectivity index is 2.97. The van der Waals surface area contributed by atoms with Gasteiger partial charge in [-0.25, -0.2) is 0 Å². The molecule has 0 spiro atoms. The van der Waals surface area contributed by atoms with Gasteiger partial charge in [-0.05, 0) is 43.3 Å². The molecule has 0 aliphatic rings. The first kappa shape index (κ1) is 18.4. The van der Waals surface area contributed by atoms with Gasteiger partial charge in [0.1, 0.15) is 6.29 Å². The maximum atomic E-state index is 12.3. The molecule has 0 bridgehead atoms. The topological polar surface area (TPSA) is 86.6 Å². The molecule has 1 aromatic rings. The largest absolute Gasteiger partial charge is 0.489 e. The number of aldehydes is 1. The van der Waals surface area contributed by atoms with Crippen molar-refractivity contribution in [2.75, 3.05) is 0 Å². The van der Waals surface area contributed by atoms with Gasteiger partial charge >= 0.3 is 7.12 Å². The zero-order valence-corrected chi connectivity index (χ0v) is 13.8. The second-order valence-electron chi connectivity index (χ2n) is 7.41. The van der Waals surface area contributed by atoms with Gasteiger partial charge < -0.3 is 15.4 Å². The summed E-state index contributed by atoms with van der Waals surface area (Å²) in [5, 5.41) is 21.3. The first-order chi connectivity index (χ1) is 9.95. The lowest BCUT2D eigenvalue weighted by molar-refractivity contribution is 0.0891. The summed E-state index contributed by atoms with van der Waals surface area (Å²) in [7, 11) is -1.74. The predicted molar refractivity (Wildman–Crippen MR) is 87.3 cm³/mol. The molecule has 120 valence electrons. The van der Waals surface area contributed by atoms with Gasteiger partial charge in [-0.1, -0.05) is 26.8 Å². The van der Waals surface area contributed by atoms with Crippen LogP contribution in [0.3, 0.4) is 0 Å². The number of carbonyl (C=O) groups is 2. The van der Waals surface area contributed by atoms with E-state index in [-0.39, 0.29) is 22.3 Å². The van der Waals surface area contributed by atoms with Crippen LogP contribution in [0, 0.1) is 5.41 Å². The fraction of sp³-hybridized carbons (Fsp3) is 0.500. The summed E-state index contributed by atoms with van der Waals surface area (Å²) in [6.45, 7) is 10.2. The molecule has 0 radical (unpaired) electrons. The molecule has 0 atom stereocenters. The van der Waals surface area contributed by atoms with E-state index in [0.29, 0.717) is 11.8 Å². The SMILES string of the molecule is CC(C)(C)CC(C)(C)NC(=O)c1ccc(B(O)O)c(C=O)c1. The van der Waals surface area contributed by atoms with Gasteiger partial charge in [-0.2, -0.15) is 0 Å². The van der Waals surface area contributed by atoms with Crippen LogP contribution in [0.15, 0.2) is 18.2 Å². The molecule has 5 nitrogen and oxygen atoms in total. The average Bonchev–Trinajstić information content (AvgIpc) is 2.34. The van der Waals surface area contributed by atoms with Gasteiger partial charge in [0.15, 0.2) is 0 Å². The van der Waals surface area contributed by atoms with E-state index < -0.39 is 12.7 Å². The third-order valence-corrected chi connectivity index (χ3v) is 3.18. The fourth-order valence-electron chi connectivity index (χ4n) is 2.80. The molecule has 1 rings (SSSR count). The maximum absolute atomic E-state index is 12.3. The molecular formula is C16H24BNO4. The lowest BCUT2D eigenvalue weighted by Gasteiger charge is -2.33. The van der Waals surface area contributed by atoms with Crippen molar-refractivity contribution in [3.05, 3.63) is 29.3 Å². The van der Waals surface area contributed by atoms with E-state index in [9.17, 15) is 19.6 Å². The van der Waals surface area contributed by atoms with Crippen LogP contribution in [0.4, 0.5) is 0 Å². The standard InChI is InChI=1S/C16H24BNO4/c1-15(2,3)10-16(4,5)18-14(20)11-6-7-13(17(21)22)12(8-11)9-19/h6-9,21-22H,10H2,1-5H3,(H,18,20). The van der Waals surface area contributed by atoms with Crippen LogP contribution in [0.1, 0.15) is 61.8 Å². The summed E-state index contributed by atoms with van der Waals surface area (Å²) < 4.78 is 0. The second kappa shape index (κ2) is 6.63. The highest BCUT2D eigenvalue weighted by molar-refractivity contribution is 6.60. The number of hydrogen-bond acceptors (Lipinski definition) is 4. The molecule has 0 aliphatic heterocycles. The Morgan fingerprint density at radius 3 is 2.27 bits per heavy atom. The summed E-state index contributed by atoms with van der Waals surface area (Å²) in [6, 6.07) is 4.22. The molecule has 6 heteroatoms. The summed E-state index contributed by atoms with van der Waals surface area (Å²) in [5.74, 6) is -0.295. The van der Waals surface area contributed by atoms with E-state index in [4.69, 9.17) is 0 Å². The number of rotatable bonds is 5. The number of amides is 1. The normalized spacial score (nSPS) is 12.0. The van der Waals surface area contributed by atoms with E-state index in [0.717, 1.165) is 6.42 Å². The Morgan fingerprint density at radius 1 is 1.23 bits per heavy atom. The first-order valence-corrected chi connectivity index (χ1v) is 7.23. The smallest absolute Gasteiger partial charge is 0.423 e. The van der Waals surface area contributed by atoms with Gasteiger partial charge in [0.2, 0.25) is 0 Å². The molecule has 3 N–H and O–H groups in total. The molecule has 22 heavy (non-hydrogen) atoms. The van der Waals surface area contributed by atoms with Crippen LogP contribution in [0.2, 0.25) is 0 Å². The van der Waals surface area contributed by atoms with Gasteiger partial charge in [0.05, 0.1) is 0 Å². The summed E-state index contributed by atoms with van der Waals surface area (Å²) >= 11 is 0. The molecule has 0 saturated carbocycles. The lowest BCUT2D eigenvalue weighted by atomic mass is 9.76. The highest BCUT2D eigenvalue weighted by Crippen LogP contribution is 2.27. The van der Waals surface area contributed by atoms with Crippen molar-refractivity contribution in [2.24, 2.45) is 5.41 Å². The van der Waals surface area contributed by atoms with E-state index in [1.165, 1.54) is 18.2 Å². The van der Waals surface area contributed by atoms with Crippen LogP contribution in [0.25, 0.3) is 0 Å². The van der Waals surface area contributed by atoms with Crippen molar-refractivity contribution < 1.29 is 19.6 Å². The Labute approximate surface area is 131 Å². The fourth-order valence-corrected chi connectivity index (χ4v) is 2.80. The van der Waals surface area contributed by atoms with Gasteiger partial charge in [0, 0.05) is 16.7 Å². The highest BCUT2D eigenvalue weighted by Gasteiger charge is 2.27. The summed E-state index contributed by atoms with van der Waals surface area (Å²) in [5.41, 5.74) is 0.159. The summed E-state index contributed by atoms with van der Waals surface area (Å²) in [4.78, 5) is 23.4. The van der Waals surface area contributed by atoms with Crippen LogP contribution in [-0.4, -0.2) is 34.9 Å². The van der Waals surface area contributed by atoms with Crippen LogP contribution in [-0.2, 0) is 0 Å². The number of hydrogen-bond donors (Lipinski definition) is 3. The summed E-state index contributed by atoms with van der Waals surface area (Å²) in [6.07, 6.45) is 1.30. The molecule has 0 aliphatic carbocycles. The molecule has 0 saturated heterocycles. The second-order valence-corrected chi connectivity index (χ2v) is 7.41. The monoisotopic (exact) mass is 305 g/mol. The minimum absolute atomic E-state index is 0.0651. The van der Waals surface area contributed by atoms with E-state index in [1.807, 2.05) is 13.8 Å². The van der Waals surface area contributed by atoms with Crippen molar-refractivity contribution >= 4 is 24.8 Å². The molecular weight excluding hydrogens is 281 g/mol. The molecule has 0 fully saturated rings. The Morgan fingerprint density at radius 2 is 1.82 bits per heavy atom. The predicted octanol–water partition coefficient (Wildman–Crippen LogP) is 1.12. The van der Waals surface area contributed by atoms with Crippen molar-refractivity contribution in [2.45, 2.75) is 46.6 Å². The zero-order valence-electron chi connectivity index (χ0n) is 13.8. The Kier molecular flexibility index (Phi) is 5.54. The third kappa shape index (κ3) is 5.28. The Bertz CT molecular complexity index is 562. The maximum Gasteiger partial charge on any atom is 0.489 e. The zero-order chi connectivity index (χ0) is 17.1. The number of carbonyl (C=O) groups excluding carboxylic acids is 2. The van der Waals surface area contributed by atoms with Crippen molar-refractivity contribution in [3.63, 3.8) is 0 Å². The minimum Gasteiger partial charge on any atom is -0.423 e. The van der Waals surface area contributed by atoms with Crippen molar-refractivity contribution in [1.29, 1.82) is 0 Å². The molecule has 1 amide bonds. The minimum atomic E-state index is -1.74. The van der Waals surface area contributed by atoms with Gasteiger partial charge in [-0.3, -0.25) is 9.59 Å². The van der Waals surface area contributed by atoms with Crippen LogP contribution < -0.4 is 10.8 Å². The van der Waals surface area contributed by atoms with E-state index in [1.54, 1.807) is 0 Å². The van der Waals surface area contributed by atoms with Gasteiger partial charge in [-0.15, -0.1) is 0 Å². The molecule has 0 unspecified atom stereocenters. The number of benzene rings is 1. The molecule has 0 aromatic heterocycles. The lowest BCUT2D eigenvalue weighted by Crippen LogP contribution is -2.46. The van der Waals surface area contributed by atoms with Crippen molar-refractivity contribution in [1.82, 2.24) is 5.32 Å². The molecule has 1 aromatic carbocycles. The van der Waals surface area contributed by atoms with Crippen LogP contribution in [0.5, 0.6) is 0 Å². The quantitative estimate of drug-likeness (QED) is 0.562. The average molecular weight is 305 g/mol. The number of nitrogens with one attached hydrogen (secondary N) is 1. The highest BCUT2D eigenvalue weighted by atomic mass is 16.4. The Hall–Kier alpha value is -1.66.